The number of nitrogens with zero attached hydrogens (tertiary/aromatic N) is 3. The van der Waals surface area contributed by atoms with Crippen molar-refractivity contribution in [2.75, 3.05) is 11.4 Å². The number of ether oxygens (including phenoxy) is 1. The minimum absolute atomic E-state index is 0.142. The van der Waals surface area contributed by atoms with E-state index in [1.807, 2.05) is 42.1 Å². The van der Waals surface area contributed by atoms with Crippen molar-refractivity contribution in [2.45, 2.75) is 31.8 Å². The zero-order chi connectivity index (χ0) is 22.7. The van der Waals surface area contributed by atoms with Crippen molar-refractivity contribution in [3.8, 4) is 5.75 Å². The van der Waals surface area contributed by atoms with Crippen molar-refractivity contribution >= 4 is 11.6 Å². The number of alkyl halides is 3. The maximum atomic E-state index is 13.0. The van der Waals surface area contributed by atoms with E-state index in [0.717, 1.165) is 29.3 Å². The normalized spacial score (nSPS) is 16.6. The highest BCUT2D eigenvalue weighted by atomic mass is 19.4. The van der Waals surface area contributed by atoms with Gasteiger partial charge in [0.15, 0.2) is 0 Å². The molecule has 0 bridgehead atoms. The van der Waals surface area contributed by atoms with Crippen LogP contribution in [0.5, 0.6) is 5.75 Å². The number of aryl methyl sites for hydroxylation is 1. The quantitative estimate of drug-likeness (QED) is 0.600. The second-order valence-electron chi connectivity index (χ2n) is 7.72. The molecule has 1 amide bonds. The highest BCUT2D eigenvalue weighted by Gasteiger charge is 2.34. The Morgan fingerprint density at radius 1 is 1.19 bits per heavy atom. The Morgan fingerprint density at radius 2 is 1.97 bits per heavy atom. The molecule has 4 rings (SSSR count). The molecule has 2 aromatic carbocycles. The Hall–Kier alpha value is -3.33. The van der Waals surface area contributed by atoms with Crippen LogP contribution in [0.15, 0.2) is 60.9 Å². The van der Waals surface area contributed by atoms with Gasteiger partial charge in [-0.3, -0.25) is 4.79 Å². The van der Waals surface area contributed by atoms with E-state index in [1.54, 1.807) is 6.20 Å². The van der Waals surface area contributed by atoms with Crippen LogP contribution in [-0.2, 0) is 31.2 Å². The molecule has 1 saturated heterocycles. The number of hydrogen-bond acceptors (Lipinski definition) is 4. The SMILES string of the molecule is Cn1ccnc1COc1ccc(CNC2CC(=O)N(c3cccc(C(F)(F)F)c3)C2)cc1. The maximum Gasteiger partial charge on any atom is 0.416 e. The van der Waals surface area contributed by atoms with E-state index in [9.17, 15) is 18.0 Å². The lowest BCUT2D eigenvalue weighted by molar-refractivity contribution is -0.137. The van der Waals surface area contributed by atoms with Gasteiger partial charge in [0.25, 0.3) is 0 Å². The van der Waals surface area contributed by atoms with Crippen LogP contribution in [0.25, 0.3) is 0 Å². The van der Waals surface area contributed by atoms with Crippen LogP contribution < -0.4 is 15.0 Å². The summed E-state index contributed by atoms with van der Waals surface area (Å²) in [6, 6.07) is 12.3. The van der Waals surface area contributed by atoms with Crippen LogP contribution in [0.1, 0.15) is 23.4 Å². The summed E-state index contributed by atoms with van der Waals surface area (Å²) >= 11 is 0. The molecule has 6 nitrogen and oxygen atoms in total. The molecule has 1 aliphatic rings. The predicted molar refractivity (Wildman–Crippen MR) is 113 cm³/mol. The summed E-state index contributed by atoms with van der Waals surface area (Å²) in [5.41, 5.74) is 0.520. The monoisotopic (exact) mass is 444 g/mol. The number of rotatable bonds is 7. The van der Waals surface area contributed by atoms with E-state index in [1.165, 1.54) is 17.0 Å². The van der Waals surface area contributed by atoms with Gasteiger partial charge in [0.1, 0.15) is 18.2 Å². The number of carbonyl (C=O) groups is 1. The van der Waals surface area contributed by atoms with Crippen LogP contribution >= 0.6 is 0 Å². The third kappa shape index (κ3) is 5.11. The molecule has 168 valence electrons. The first-order chi connectivity index (χ1) is 15.3. The predicted octanol–water partition coefficient (Wildman–Crippen LogP) is 3.91. The van der Waals surface area contributed by atoms with Gasteiger partial charge in [-0.1, -0.05) is 18.2 Å². The van der Waals surface area contributed by atoms with Crippen LogP contribution in [0.2, 0.25) is 0 Å². The largest absolute Gasteiger partial charge is 0.486 e. The molecule has 0 aliphatic carbocycles. The molecule has 1 aliphatic heterocycles. The molecule has 2 heterocycles. The average Bonchev–Trinajstić information content (AvgIpc) is 3.36. The fourth-order valence-electron chi connectivity index (χ4n) is 3.59. The summed E-state index contributed by atoms with van der Waals surface area (Å²) in [5, 5.41) is 3.32. The van der Waals surface area contributed by atoms with Crippen molar-refractivity contribution in [2.24, 2.45) is 7.05 Å². The van der Waals surface area contributed by atoms with Gasteiger partial charge >= 0.3 is 6.18 Å². The molecule has 1 N–H and O–H groups in total. The number of aromatic nitrogens is 2. The Kier molecular flexibility index (Phi) is 6.18. The van der Waals surface area contributed by atoms with Gasteiger partial charge in [-0.05, 0) is 35.9 Å². The summed E-state index contributed by atoms with van der Waals surface area (Å²) in [6.07, 6.45) is -0.629. The zero-order valence-electron chi connectivity index (χ0n) is 17.5. The first-order valence-corrected chi connectivity index (χ1v) is 10.2. The smallest absolute Gasteiger partial charge is 0.416 e. The summed E-state index contributed by atoms with van der Waals surface area (Å²) in [6.45, 7) is 1.23. The summed E-state index contributed by atoms with van der Waals surface area (Å²) < 4.78 is 46.6. The lowest BCUT2D eigenvalue weighted by Gasteiger charge is -2.19. The third-order valence-corrected chi connectivity index (χ3v) is 5.42. The highest BCUT2D eigenvalue weighted by molar-refractivity contribution is 5.96. The van der Waals surface area contributed by atoms with Crippen LogP contribution in [-0.4, -0.2) is 28.0 Å². The van der Waals surface area contributed by atoms with E-state index in [2.05, 4.69) is 10.3 Å². The minimum atomic E-state index is -4.44. The van der Waals surface area contributed by atoms with E-state index in [-0.39, 0.29) is 24.1 Å². The van der Waals surface area contributed by atoms with E-state index < -0.39 is 11.7 Å². The standard InChI is InChI=1S/C23H23F3N4O2/c1-29-10-9-27-21(29)15-32-20-7-5-16(6-8-20)13-28-18-12-22(31)30(14-18)19-4-2-3-17(11-19)23(24,25)26/h2-11,18,28H,12-15H2,1H3. The summed E-state index contributed by atoms with van der Waals surface area (Å²) in [5.74, 6) is 1.36. The van der Waals surface area contributed by atoms with Gasteiger partial charge in [-0.25, -0.2) is 4.98 Å². The molecule has 0 saturated carbocycles. The Morgan fingerprint density at radius 3 is 2.66 bits per heavy atom. The maximum absolute atomic E-state index is 13.0. The zero-order valence-corrected chi connectivity index (χ0v) is 17.5. The third-order valence-electron chi connectivity index (χ3n) is 5.42. The first kappa shape index (κ1) is 21.9. The number of anilines is 1. The molecule has 0 radical (unpaired) electrons. The molecule has 32 heavy (non-hydrogen) atoms. The number of imidazole rings is 1. The number of amides is 1. The fourth-order valence-corrected chi connectivity index (χ4v) is 3.59. The van der Waals surface area contributed by atoms with E-state index in [0.29, 0.717) is 19.7 Å². The van der Waals surface area contributed by atoms with E-state index in [4.69, 9.17) is 4.74 Å². The lowest BCUT2D eigenvalue weighted by atomic mass is 10.2. The molecule has 9 heteroatoms. The van der Waals surface area contributed by atoms with Crippen molar-refractivity contribution in [3.05, 3.63) is 77.9 Å². The van der Waals surface area contributed by atoms with Crippen molar-refractivity contribution in [1.29, 1.82) is 0 Å². The van der Waals surface area contributed by atoms with Crippen LogP contribution in [0, 0.1) is 0 Å². The van der Waals surface area contributed by atoms with Crippen molar-refractivity contribution in [3.63, 3.8) is 0 Å². The molecule has 1 unspecified atom stereocenters. The van der Waals surface area contributed by atoms with Gasteiger partial charge in [0.05, 0.1) is 5.56 Å². The number of carbonyl (C=O) groups excluding carboxylic acids is 1. The van der Waals surface area contributed by atoms with Gasteiger partial charge < -0.3 is 19.5 Å². The highest BCUT2D eigenvalue weighted by Crippen LogP contribution is 2.32. The second-order valence-corrected chi connectivity index (χ2v) is 7.72. The number of nitrogens with one attached hydrogen (secondary N) is 1. The van der Waals surface area contributed by atoms with Crippen molar-refractivity contribution < 1.29 is 22.7 Å². The minimum Gasteiger partial charge on any atom is -0.486 e. The Bertz CT molecular complexity index is 1080. The van der Waals surface area contributed by atoms with E-state index >= 15 is 0 Å². The second kappa shape index (κ2) is 9.04. The molecular weight excluding hydrogens is 421 g/mol. The molecular formula is C23H23F3N4O2. The van der Waals surface area contributed by atoms with Crippen LogP contribution in [0.3, 0.4) is 0 Å². The average molecular weight is 444 g/mol. The Labute approximate surface area is 183 Å². The summed E-state index contributed by atoms with van der Waals surface area (Å²) in [7, 11) is 1.91. The fraction of sp³-hybridized carbons (Fsp3) is 0.304. The number of hydrogen-bond donors (Lipinski definition) is 1. The van der Waals surface area contributed by atoms with Crippen molar-refractivity contribution in [1.82, 2.24) is 14.9 Å². The van der Waals surface area contributed by atoms with Gasteiger partial charge in [0, 0.05) is 50.7 Å². The molecule has 1 atom stereocenters. The lowest BCUT2D eigenvalue weighted by Crippen LogP contribution is -2.32. The Balaban J connectivity index is 1.30. The van der Waals surface area contributed by atoms with Crippen LogP contribution in [0.4, 0.5) is 18.9 Å². The molecule has 3 aromatic rings. The van der Waals surface area contributed by atoms with Gasteiger partial charge in [-0.15, -0.1) is 0 Å². The summed E-state index contributed by atoms with van der Waals surface area (Å²) in [4.78, 5) is 18.0. The van der Waals surface area contributed by atoms with Gasteiger partial charge in [0.2, 0.25) is 5.91 Å². The molecule has 1 aromatic heterocycles. The molecule has 0 spiro atoms. The topological polar surface area (TPSA) is 59.4 Å². The number of benzene rings is 2. The first-order valence-electron chi connectivity index (χ1n) is 10.2. The molecule has 1 fully saturated rings. The number of halogens is 3. The van der Waals surface area contributed by atoms with Gasteiger partial charge in [-0.2, -0.15) is 13.2 Å².